The molecule has 1 heterocycles. The Balaban J connectivity index is 1.82. The molecule has 0 atom stereocenters. The molecule has 0 bridgehead atoms. The van der Waals surface area contributed by atoms with Crippen LogP contribution in [0.3, 0.4) is 0 Å². The van der Waals surface area contributed by atoms with Crippen LogP contribution in [0.25, 0.3) is 0 Å². The number of nitrogens with zero attached hydrogens (tertiary/aromatic N) is 1. The van der Waals surface area contributed by atoms with Crippen LogP contribution in [0.1, 0.15) is 25.3 Å². The number of nitrogens with one attached hydrogen (secondary N) is 1. The van der Waals surface area contributed by atoms with Crippen molar-refractivity contribution in [2.75, 3.05) is 25.4 Å². The highest BCUT2D eigenvalue weighted by Gasteiger charge is 2.19. The van der Waals surface area contributed by atoms with Crippen LogP contribution in [0.15, 0.2) is 18.2 Å². The molecular weight excluding hydrogens is 274 g/mol. The van der Waals surface area contributed by atoms with E-state index in [1.54, 1.807) is 6.92 Å². The van der Waals surface area contributed by atoms with Crippen LogP contribution < -0.4 is 11.1 Å². The summed E-state index contributed by atoms with van der Waals surface area (Å²) < 4.78 is 0. The molecule has 3 N–H and O–H groups in total. The lowest BCUT2D eigenvalue weighted by Crippen LogP contribution is -2.37. The summed E-state index contributed by atoms with van der Waals surface area (Å²) >= 11 is 6.01. The molecule has 1 aromatic rings. The molecule has 110 valence electrons. The van der Waals surface area contributed by atoms with E-state index in [4.69, 9.17) is 17.3 Å². The van der Waals surface area contributed by atoms with Crippen molar-refractivity contribution in [1.82, 2.24) is 10.2 Å². The molecule has 4 nitrogen and oxygen atoms in total. The van der Waals surface area contributed by atoms with Gasteiger partial charge in [0.25, 0.3) is 0 Å². The van der Waals surface area contributed by atoms with Crippen LogP contribution in [-0.4, -0.2) is 30.4 Å². The second-order valence-corrected chi connectivity index (χ2v) is 5.94. The molecule has 1 amide bonds. The first-order valence-electron chi connectivity index (χ1n) is 7.05. The van der Waals surface area contributed by atoms with Crippen LogP contribution in [0.2, 0.25) is 5.02 Å². The third-order valence-electron chi connectivity index (χ3n) is 3.85. The SMILES string of the molecule is CC(=O)NCC1CCN(Cc2cc(Cl)ccc2N)CC1. The van der Waals surface area contributed by atoms with Crippen molar-refractivity contribution in [3.05, 3.63) is 28.8 Å². The summed E-state index contributed by atoms with van der Waals surface area (Å²) in [5.41, 5.74) is 7.88. The van der Waals surface area contributed by atoms with E-state index in [1.165, 1.54) is 0 Å². The number of anilines is 1. The quantitative estimate of drug-likeness (QED) is 0.838. The summed E-state index contributed by atoms with van der Waals surface area (Å²) in [5.74, 6) is 0.644. The Hall–Kier alpha value is -1.26. The number of nitrogens with two attached hydrogens (primary N) is 1. The minimum atomic E-state index is 0.0548. The molecule has 0 unspecified atom stereocenters. The summed E-state index contributed by atoms with van der Waals surface area (Å²) in [7, 11) is 0. The molecule has 1 fully saturated rings. The number of carbonyl (C=O) groups excluding carboxylic acids is 1. The first kappa shape index (κ1) is 15.1. The Morgan fingerprint density at radius 2 is 2.15 bits per heavy atom. The molecular formula is C15H22ClN3O. The number of hydrogen-bond donors (Lipinski definition) is 2. The van der Waals surface area contributed by atoms with Crippen molar-refractivity contribution >= 4 is 23.2 Å². The third kappa shape index (κ3) is 4.39. The maximum absolute atomic E-state index is 10.9. The van der Waals surface area contributed by atoms with Gasteiger partial charge in [-0.1, -0.05) is 11.6 Å². The van der Waals surface area contributed by atoms with E-state index in [2.05, 4.69) is 10.2 Å². The van der Waals surface area contributed by atoms with Gasteiger partial charge >= 0.3 is 0 Å². The number of hydrogen-bond acceptors (Lipinski definition) is 3. The van der Waals surface area contributed by atoms with Crippen molar-refractivity contribution in [2.24, 2.45) is 5.92 Å². The monoisotopic (exact) mass is 295 g/mol. The molecule has 1 aromatic carbocycles. The molecule has 0 aromatic heterocycles. The molecule has 5 heteroatoms. The smallest absolute Gasteiger partial charge is 0.216 e. The van der Waals surface area contributed by atoms with Gasteiger partial charge in [-0.25, -0.2) is 0 Å². The Kier molecular flexibility index (Phi) is 5.26. The van der Waals surface area contributed by atoms with Gasteiger partial charge in [0.15, 0.2) is 0 Å². The third-order valence-corrected chi connectivity index (χ3v) is 4.08. The second kappa shape index (κ2) is 6.95. The standard InChI is InChI=1S/C15H22ClN3O/c1-11(20)18-9-12-4-6-19(7-5-12)10-13-8-14(16)2-3-15(13)17/h2-3,8,12H,4-7,9-10,17H2,1H3,(H,18,20). The molecule has 1 aliphatic rings. The molecule has 0 radical (unpaired) electrons. The van der Waals surface area contributed by atoms with E-state index >= 15 is 0 Å². The summed E-state index contributed by atoms with van der Waals surface area (Å²) in [6.07, 6.45) is 2.22. The molecule has 0 spiro atoms. The van der Waals surface area contributed by atoms with E-state index < -0.39 is 0 Å². The second-order valence-electron chi connectivity index (χ2n) is 5.50. The van der Waals surface area contributed by atoms with Gasteiger partial charge in [-0.2, -0.15) is 0 Å². The van der Waals surface area contributed by atoms with E-state index in [0.717, 1.165) is 55.3 Å². The maximum atomic E-state index is 10.9. The fourth-order valence-electron chi connectivity index (χ4n) is 2.59. The predicted molar refractivity (Wildman–Crippen MR) is 82.5 cm³/mol. The number of nitrogen functional groups attached to an aromatic ring is 1. The van der Waals surface area contributed by atoms with Gasteiger partial charge in [-0.15, -0.1) is 0 Å². The van der Waals surface area contributed by atoms with Crippen molar-refractivity contribution in [1.29, 1.82) is 0 Å². The van der Waals surface area contributed by atoms with Crippen LogP contribution in [0.5, 0.6) is 0 Å². The lowest BCUT2D eigenvalue weighted by atomic mass is 9.96. The molecule has 0 aliphatic carbocycles. The highest BCUT2D eigenvalue weighted by Crippen LogP contribution is 2.23. The fraction of sp³-hybridized carbons (Fsp3) is 0.533. The molecule has 1 saturated heterocycles. The zero-order valence-corrected chi connectivity index (χ0v) is 12.6. The fourth-order valence-corrected chi connectivity index (χ4v) is 2.78. The lowest BCUT2D eigenvalue weighted by Gasteiger charge is -2.32. The topological polar surface area (TPSA) is 58.4 Å². The number of likely N-dealkylation sites (tertiary alicyclic amines) is 1. The molecule has 0 saturated carbocycles. The number of rotatable bonds is 4. The predicted octanol–water partition coefficient (Wildman–Crippen LogP) is 2.27. The highest BCUT2D eigenvalue weighted by atomic mass is 35.5. The Labute approximate surface area is 125 Å². The van der Waals surface area contributed by atoms with Gasteiger partial charge in [0.2, 0.25) is 5.91 Å². The Morgan fingerprint density at radius 1 is 1.45 bits per heavy atom. The van der Waals surface area contributed by atoms with Gasteiger partial charge < -0.3 is 11.1 Å². The van der Waals surface area contributed by atoms with Gasteiger partial charge in [0.1, 0.15) is 0 Å². The first-order valence-corrected chi connectivity index (χ1v) is 7.43. The van der Waals surface area contributed by atoms with Gasteiger partial charge in [-0.05, 0) is 55.6 Å². The van der Waals surface area contributed by atoms with Gasteiger partial charge in [0, 0.05) is 30.7 Å². The number of halogens is 1. The Morgan fingerprint density at radius 3 is 2.80 bits per heavy atom. The summed E-state index contributed by atoms with van der Waals surface area (Å²) in [4.78, 5) is 13.3. The Bertz CT molecular complexity index is 470. The largest absolute Gasteiger partial charge is 0.398 e. The van der Waals surface area contributed by atoms with E-state index in [1.807, 2.05) is 18.2 Å². The van der Waals surface area contributed by atoms with E-state index in [-0.39, 0.29) is 5.91 Å². The minimum absolute atomic E-state index is 0.0548. The van der Waals surface area contributed by atoms with Crippen molar-refractivity contribution < 1.29 is 4.79 Å². The molecule has 2 rings (SSSR count). The average Bonchev–Trinajstić information content (AvgIpc) is 2.42. The zero-order valence-electron chi connectivity index (χ0n) is 11.9. The van der Waals surface area contributed by atoms with Crippen molar-refractivity contribution in [2.45, 2.75) is 26.3 Å². The van der Waals surface area contributed by atoms with Crippen LogP contribution in [-0.2, 0) is 11.3 Å². The average molecular weight is 296 g/mol. The normalized spacial score (nSPS) is 17.1. The minimum Gasteiger partial charge on any atom is -0.398 e. The highest BCUT2D eigenvalue weighted by molar-refractivity contribution is 6.30. The molecule has 1 aliphatic heterocycles. The number of carbonyl (C=O) groups is 1. The van der Waals surface area contributed by atoms with Gasteiger partial charge in [-0.3, -0.25) is 9.69 Å². The van der Waals surface area contributed by atoms with E-state index in [9.17, 15) is 4.79 Å². The first-order chi connectivity index (χ1) is 9.54. The number of amides is 1. The summed E-state index contributed by atoms with van der Waals surface area (Å²) in [6.45, 7) is 5.28. The van der Waals surface area contributed by atoms with Crippen molar-refractivity contribution in [3.63, 3.8) is 0 Å². The zero-order chi connectivity index (χ0) is 14.5. The lowest BCUT2D eigenvalue weighted by molar-refractivity contribution is -0.119. The summed E-state index contributed by atoms with van der Waals surface area (Å²) in [5, 5.41) is 3.63. The van der Waals surface area contributed by atoms with Crippen LogP contribution in [0, 0.1) is 5.92 Å². The van der Waals surface area contributed by atoms with Gasteiger partial charge in [0.05, 0.1) is 0 Å². The molecule has 20 heavy (non-hydrogen) atoms. The number of piperidine rings is 1. The van der Waals surface area contributed by atoms with Crippen LogP contribution >= 0.6 is 11.6 Å². The summed E-state index contributed by atoms with van der Waals surface area (Å²) in [6, 6.07) is 5.63. The van der Waals surface area contributed by atoms with Crippen LogP contribution in [0.4, 0.5) is 5.69 Å². The van der Waals surface area contributed by atoms with E-state index in [0.29, 0.717) is 5.92 Å². The number of benzene rings is 1. The van der Waals surface area contributed by atoms with Crippen molar-refractivity contribution in [3.8, 4) is 0 Å². The maximum Gasteiger partial charge on any atom is 0.216 e.